The van der Waals surface area contributed by atoms with Crippen LogP contribution in [0.2, 0.25) is 5.02 Å². The Bertz CT molecular complexity index is 496. The average Bonchev–Trinajstić information content (AvgIpc) is 2.29. The third-order valence-electron chi connectivity index (χ3n) is 2.54. The molecule has 17 heavy (non-hydrogen) atoms. The summed E-state index contributed by atoms with van der Waals surface area (Å²) in [5.41, 5.74) is 2.12. The van der Waals surface area contributed by atoms with Crippen LogP contribution in [-0.2, 0) is 0 Å². The molecule has 2 aromatic rings. The standard InChI is InChI=1S/C13H14ClN3/c1-9-7-13(16-8-15-9)17-10(2)11-3-5-12(14)6-4-11/h3-8,10H,1-2H3,(H,15,16,17). The van der Waals surface area contributed by atoms with Crippen LogP contribution in [0.3, 0.4) is 0 Å². The molecule has 0 bridgehead atoms. The minimum Gasteiger partial charge on any atom is -0.363 e. The van der Waals surface area contributed by atoms with Crippen LogP contribution in [-0.4, -0.2) is 9.97 Å². The number of anilines is 1. The Kier molecular flexibility index (Phi) is 3.59. The van der Waals surface area contributed by atoms with E-state index in [-0.39, 0.29) is 6.04 Å². The van der Waals surface area contributed by atoms with Crippen LogP contribution in [0.15, 0.2) is 36.7 Å². The average molecular weight is 248 g/mol. The largest absolute Gasteiger partial charge is 0.363 e. The van der Waals surface area contributed by atoms with E-state index in [9.17, 15) is 0 Å². The van der Waals surface area contributed by atoms with Crippen molar-refractivity contribution < 1.29 is 0 Å². The van der Waals surface area contributed by atoms with E-state index in [0.717, 1.165) is 16.5 Å². The summed E-state index contributed by atoms with van der Waals surface area (Å²) < 4.78 is 0. The van der Waals surface area contributed by atoms with Crippen LogP contribution >= 0.6 is 11.6 Å². The van der Waals surface area contributed by atoms with Crippen molar-refractivity contribution in [3.63, 3.8) is 0 Å². The van der Waals surface area contributed by atoms with E-state index in [1.165, 1.54) is 5.56 Å². The molecule has 1 heterocycles. The molecule has 0 aliphatic rings. The number of hydrogen-bond acceptors (Lipinski definition) is 3. The van der Waals surface area contributed by atoms with Crippen LogP contribution in [0.5, 0.6) is 0 Å². The highest BCUT2D eigenvalue weighted by Gasteiger charge is 2.05. The second-order valence-electron chi connectivity index (χ2n) is 3.96. The summed E-state index contributed by atoms with van der Waals surface area (Å²) in [5, 5.41) is 4.07. The number of rotatable bonds is 3. The molecule has 1 aromatic heterocycles. The predicted molar refractivity (Wildman–Crippen MR) is 70.3 cm³/mol. The van der Waals surface area contributed by atoms with E-state index in [2.05, 4.69) is 22.2 Å². The molecule has 1 unspecified atom stereocenters. The van der Waals surface area contributed by atoms with Gasteiger partial charge in [0.1, 0.15) is 12.1 Å². The van der Waals surface area contributed by atoms with E-state index in [0.29, 0.717) is 0 Å². The second-order valence-corrected chi connectivity index (χ2v) is 4.40. The van der Waals surface area contributed by atoms with Gasteiger partial charge in [0.05, 0.1) is 0 Å². The van der Waals surface area contributed by atoms with Gasteiger partial charge >= 0.3 is 0 Å². The van der Waals surface area contributed by atoms with E-state index in [1.807, 2.05) is 37.3 Å². The maximum Gasteiger partial charge on any atom is 0.130 e. The van der Waals surface area contributed by atoms with Crippen LogP contribution in [0.4, 0.5) is 5.82 Å². The third kappa shape index (κ3) is 3.17. The summed E-state index contributed by atoms with van der Waals surface area (Å²) in [4.78, 5) is 8.24. The Morgan fingerprint density at radius 3 is 2.53 bits per heavy atom. The maximum absolute atomic E-state index is 5.86. The number of aromatic nitrogens is 2. The number of nitrogens with zero attached hydrogens (tertiary/aromatic N) is 2. The monoisotopic (exact) mass is 247 g/mol. The van der Waals surface area contributed by atoms with Crippen molar-refractivity contribution in [2.24, 2.45) is 0 Å². The Morgan fingerprint density at radius 1 is 1.18 bits per heavy atom. The van der Waals surface area contributed by atoms with E-state index in [1.54, 1.807) is 6.33 Å². The molecular weight excluding hydrogens is 234 g/mol. The van der Waals surface area contributed by atoms with Gasteiger partial charge in [0, 0.05) is 22.8 Å². The molecule has 0 saturated heterocycles. The zero-order valence-electron chi connectivity index (χ0n) is 9.81. The smallest absolute Gasteiger partial charge is 0.130 e. The van der Waals surface area contributed by atoms with Gasteiger partial charge in [-0.15, -0.1) is 0 Å². The number of nitrogens with one attached hydrogen (secondary N) is 1. The first kappa shape index (κ1) is 11.9. The Hall–Kier alpha value is -1.61. The van der Waals surface area contributed by atoms with Crippen LogP contribution < -0.4 is 5.32 Å². The lowest BCUT2D eigenvalue weighted by Crippen LogP contribution is -2.08. The molecular formula is C13H14ClN3. The summed E-state index contributed by atoms with van der Waals surface area (Å²) in [6.45, 7) is 4.03. The molecule has 0 aliphatic carbocycles. The van der Waals surface area contributed by atoms with Gasteiger partial charge in [0.25, 0.3) is 0 Å². The fourth-order valence-electron chi connectivity index (χ4n) is 1.59. The summed E-state index contributed by atoms with van der Waals surface area (Å²) in [6.07, 6.45) is 1.56. The fourth-order valence-corrected chi connectivity index (χ4v) is 1.72. The normalized spacial score (nSPS) is 12.2. The first-order valence-corrected chi connectivity index (χ1v) is 5.83. The highest BCUT2D eigenvalue weighted by molar-refractivity contribution is 6.30. The highest BCUT2D eigenvalue weighted by atomic mass is 35.5. The van der Waals surface area contributed by atoms with Crippen molar-refractivity contribution in [2.45, 2.75) is 19.9 Å². The van der Waals surface area contributed by atoms with Crippen molar-refractivity contribution in [1.29, 1.82) is 0 Å². The van der Waals surface area contributed by atoms with Crippen molar-refractivity contribution in [3.05, 3.63) is 52.9 Å². The molecule has 1 aromatic carbocycles. The zero-order valence-corrected chi connectivity index (χ0v) is 10.6. The van der Waals surface area contributed by atoms with Gasteiger partial charge in [-0.3, -0.25) is 0 Å². The number of hydrogen-bond donors (Lipinski definition) is 1. The molecule has 4 heteroatoms. The quantitative estimate of drug-likeness (QED) is 0.900. The SMILES string of the molecule is Cc1cc(NC(C)c2ccc(Cl)cc2)ncn1. The van der Waals surface area contributed by atoms with Gasteiger partial charge in [-0.2, -0.15) is 0 Å². The lowest BCUT2D eigenvalue weighted by Gasteiger charge is -2.15. The van der Waals surface area contributed by atoms with E-state index < -0.39 is 0 Å². The van der Waals surface area contributed by atoms with Crippen LogP contribution in [0, 0.1) is 6.92 Å². The summed E-state index contributed by atoms with van der Waals surface area (Å²) in [7, 11) is 0. The van der Waals surface area contributed by atoms with Gasteiger partial charge in [-0.25, -0.2) is 9.97 Å². The minimum atomic E-state index is 0.182. The van der Waals surface area contributed by atoms with Gasteiger partial charge in [-0.1, -0.05) is 23.7 Å². The molecule has 0 amide bonds. The van der Waals surface area contributed by atoms with E-state index in [4.69, 9.17) is 11.6 Å². The van der Waals surface area contributed by atoms with Crippen LogP contribution in [0.1, 0.15) is 24.2 Å². The summed E-state index contributed by atoms with van der Waals surface area (Å²) in [6, 6.07) is 9.90. The Balaban J connectivity index is 2.11. The summed E-state index contributed by atoms with van der Waals surface area (Å²) >= 11 is 5.86. The number of aryl methyl sites for hydroxylation is 1. The molecule has 1 atom stereocenters. The lowest BCUT2D eigenvalue weighted by molar-refractivity contribution is 0.870. The summed E-state index contributed by atoms with van der Waals surface area (Å²) in [5.74, 6) is 0.833. The van der Waals surface area contributed by atoms with Crippen molar-refractivity contribution >= 4 is 17.4 Å². The fraction of sp³-hybridized carbons (Fsp3) is 0.231. The highest BCUT2D eigenvalue weighted by Crippen LogP contribution is 2.19. The molecule has 0 saturated carbocycles. The zero-order chi connectivity index (χ0) is 12.3. The predicted octanol–water partition coefficient (Wildman–Crippen LogP) is 3.61. The van der Waals surface area contributed by atoms with Gasteiger partial charge in [-0.05, 0) is 31.5 Å². The third-order valence-corrected chi connectivity index (χ3v) is 2.79. The molecule has 3 nitrogen and oxygen atoms in total. The van der Waals surface area contributed by atoms with Crippen LogP contribution in [0.25, 0.3) is 0 Å². The van der Waals surface area contributed by atoms with Gasteiger partial charge in [0.15, 0.2) is 0 Å². The molecule has 0 fully saturated rings. The van der Waals surface area contributed by atoms with Crippen molar-refractivity contribution in [3.8, 4) is 0 Å². The Labute approximate surface area is 106 Å². The van der Waals surface area contributed by atoms with Crippen molar-refractivity contribution in [2.75, 3.05) is 5.32 Å². The molecule has 1 N–H and O–H groups in total. The number of halogens is 1. The molecule has 88 valence electrons. The lowest BCUT2D eigenvalue weighted by atomic mass is 10.1. The van der Waals surface area contributed by atoms with E-state index >= 15 is 0 Å². The molecule has 0 aliphatic heterocycles. The number of benzene rings is 1. The second kappa shape index (κ2) is 5.15. The Morgan fingerprint density at radius 2 is 1.88 bits per heavy atom. The van der Waals surface area contributed by atoms with Gasteiger partial charge in [0.2, 0.25) is 0 Å². The molecule has 0 radical (unpaired) electrons. The first-order valence-electron chi connectivity index (χ1n) is 5.46. The maximum atomic E-state index is 5.86. The molecule has 0 spiro atoms. The molecule has 2 rings (SSSR count). The van der Waals surface area contributed by atoms with Crippen molar-refractivity contribution in [1.82, 2.24) is 9.97 Å². The first-order chi connectivity index (χ1) is 8.15. The minimum absolute atomic E-state index is 0.182. The van der Waals surface area contributed by atoms with Gasteiger partial charge < -0.3 is 5.32 Å². The topological polar surface area (TPSA) is 37.8 Å².